The molecule has 0 unspecified atom stereocenters. The summed E-state index contributed by atoms with van der Waals surface area (Å²) in [5, 5.41) is 3.32. The zero-order valence-electron chi connectivity index (χ0n) is 6.81. The summed E-state index contributed by atoms with van der Waals surface area (Å²) in [5.41, 5.74) is 0. The Kier molecular flexibility index (Phi) is 4.91. The van der Waals surface area contributed by atoms with Crippen LogP contribution in [0.2, 0.25) is 0 Å². The Bertz CT molecular complexity index is 94.1. The van der Waals surface area contributed by atoms with Crippen molar-refractivity contribution in [1.82, 2.24) is 5.32 Å². The van der Waals surface area contributed by atoms with E-state index in [4.69, 9.17) is 16.3 Å². The monoisotopic (exact) mass is 177 g/mol. The molecule has 11 heavy (non-hydrogen) atoms. The summed E-state index contributed by atoms with van der Waals surface area (Å²) in [4.78, 5) is 0. The lowest BCUT2D eigenvalue weighted by Gasteiger charge is -2.21. The van der Waals surface area contributed by atoms with Crippen LogP contribution < -0.4 is 5.32 Å². The van der Waals surface area contributed by atoms with Gasteiger partial charge in [-0.1, -0.05) is 0 Å². The molecule has 1 rings (SSSR count). The first-order valence-corrected chi connectivity index (χ1v) is 4.81. The van der Waals surface area contributed by atoms with Crippen molar-refractivity contribution in [3.05, 3.63) is 0 Å². The molecule has 1 aliphatic rings. The van der Waals surface area contributed by atoms with Crippen LogP contribution in [0.3, 0.4) is 0 Å². The molecule has 0 radical (unpaired) electrons. The molecule has 1 N–H and O–H groups in total. The average molecular weight is 178 g/mol. The lowest BCUT2D eigenvalue weighted by atomic mass is 10.0. The first-order chi connectivity index (χ1) is 5.43. The van der Waals surface area contributed by atoms with E-state index in [0.717, 1.165) is 32.2 Å². The van der Waals surface area contributed by atoms with Gasteiger partial charge in [0.2, 0.25) is 0 Å². The fourth-order valence-corrected chi connectivity index (χ4v) is 1.46. The largest absolute Gasteiger partial charge is 0.381 e. The van der Waals surface area contributed by atoms with E-state index in [1.165, 1.54) is 12.8 Å². The van der Waals surface area contributed by atoms with Crippen LogP contribution >= 0.6 is 11.6 Å². The molecule has 0 saturated carbocycles. The van der Waals surface area contributed by atoms with Crippen LogP contribution in [0.5, 0.6) is 0 Å². The maximum Gasteiger partial charge on any atom is 0.0469 e. The lowest BCUT2D eigenvalue weighted by molar-refractivity contribution is 0.0665. The minimum Gasteiger partial charge on any atom is -0.381 e. The van der Waals surface area contributed by atoms with Gasteiger partial charge in [-0.25, -0.2) is 0 Å². The first kappa shape index (κ1) is 9.30. The van der Waals surface area contributed by atoms with Crippen molar-refractivity contribution in [3.63, 3.8) is 0 Å². The number of ether oxygens (including phenoxy) is 1. The van der Waals surface area contributed by atoms with Crippen molar-refractivity contribution in [2.24, 2.45) is 5.92 Å². The van der Waals surface area contributed by atoms with Gasteiger partial charge in [0.1, 0.15) is 0 Å². The summed E-state index contributed by atoms with van der Waals surface area (Å²) in [7, 11) is 0. The summed E-state index contributed by atoms with van der Waals surface area (Å²) in [6.45, 7) is 3.91. The second-order valence-corrected chi connectivity index (χ2v) is 3.33. The van der Waals surface area contributed by atoms with E-state index in [9.17, 15) is 0 Å². The molecule has 0 aromatic carbocycles. The Morgan fingerprint density at radius 3 is 2.73 bits per heavy atom. The summed E-state index contributed by atoms with van der Waals surface area (Å²) in [6.07, 6.45) is 2.41. The van der Waals surface area contributed by atoms with Crippen molar-refractivity contribution >= 4 is 11.6 Å². The Morgan fingerprint density at radius 1 is 1.36 bits per heavy atom. The molecule has 1 saturated heterocycles. The van der Waals surface area contributed by atoms with Crippen molar-refractivity contribution < 1.29 is 4.74 Å². The average Bonchev–Trinajstić information content (AvgIpc) is 2.07. The van der Waals surface area contributed by atoms with Gasteiger partial charge in [0.05, 0.1) is 0 Å². The zero-order chi connectivity index (χ0) is 7.94. The second-order valence-electron chi connectivity index (χ2n) is 2.95. The van der Waals surface area contributed by atoms with Crippen molar-refractivity contribution in [2.75, 3.05) is 32.2 Å². The molecule has 2 nitrogen and oxygen atoms in total. The van der Waals surface area contributed by atoms with E-state index in [0.29, 0.717) is 5.88 Å². The fourth-order valence-electron chi connectivity index (χ4n) is 1.32. The van der Waals surface area contributed by atoms with Gasteiger partial charge in [-0.2, -0.15) is 0 Å². The Labute approximate surface area is 73.3 Å². The molecule has 3 heteroatoms. The number of hydrogen-bond donors (Lipinski definition) is 1. The molecule has 0 atom stereocenters. The molecule has 0 bridgehead atoms. The van der Waals surface area contributed by atoms with E-state index in [-0.39, 0.29) is 0 Å². The van der Waals surface area contributed by atoms with E-state index in [2.05, 4.69) is 5.32 Å². The number of rotatable bonds is 4. The third-order valence-corrected chi connectivity index (χ3v) is 2.23. The summed E-state index contributed by atoms with van der Waals surface area (Å²) in [5.74, 6) is 1.52. The highest BCUT2D eigenvalue weighted by Gasteiger charge is 2.12. The number of halogens is 1. The van der Waals surface area contributed by atoms with Gasteiger partial charge < -0.3 is 10.1 Å². The van der Waals surface area contributed by atoms with Crippen LogP contribution in [0, 0.1) is 5.92 Å². The molecule has 0 amide bonds. The van der Waals surface area contributed by atoms with Crippen LogP contribution in [0.15, 0.2) is 0 Å². The van der Waals surface area contributed by atoms with Crippen LogP contribution in [0.25, 0.3) is 0 Å². The Balaban J connectivity index is 1.96. The molecule has 1 fully saturated rings. The second kappa shape index (κ2) is 5.81. The SMILES string of the molecule is ClCCNCC1CCOCC1. The van der Waals surface area contributed by atoms with Crippen LogP contribution in [0.4, 0.5) is 0 Å². The van der Waals surface area contributed by atoms with E-state index < -0.39 is 0 Å². The van der Waals surface area contributed by atoms with Crippen LogP contribution in [-0.2, 0) is 4.74 Å². The van der Waals surface area contributed by atoms with Crippen molar-refractivity contribution in [3.8, 4) is 0 Å². The number of hydrogen-bond acceptors (Lipinski definition) is 2. The third kappa shape index (κ3) is 3.94. The molecule has 0 aromatic heterocycles. The van der Waals surface area contributed by atoms with Gasteiger partial charge in [0.15, 0.2) is 0 Å². The molecule has 1 heterocycles. The van der Waals surface area contributed by atoms with Crippen molar-refractivity contribution in [1.29, 1.82) is 0 Å². The molecule has 0 aromatic rings. The molecular weight excluding hydrogens is 162 g/mol. The third-order valence-electron chi connectivity index (χ3n) is 2.05. The van der Waals surface area contributed by atoms with Crippen LogP contribution in [-0.4, -0.2) is 32.2 Å². The minimum atomic E-state index is 0.712. The Morgan fingerprint density at radius 2 is 2.09 bits per heavy atom. The minimum absolute atomic E-state index is 0.712. The molecule has 66 valence electrons. The highest BCUT2D eigenvalue weighted by Crippen LogP contribution is 2.12. The molecule has 1 aliphatic heterocycles. The van der Waals surface area contributed by atoms with Gasteiger partial charge in [-0.15, -0.1) is 11.6 Å². The molecule has 0 aliphatic carbocycles. The topological polar surface area (TPSA) is 21.3 Å². The number of nitrogens with one attached hydrogen (secondary N) is 1. The van der Waals surface area contributed by atoms with E-state index >= 15 is 0 Å². The quantitative estimate of drug-likeness (QED) is 0.516. The van der Waals surface area contributed by atoms with Crippen LogP contribution in [0.1, 0.15) is 12.8 Å². The van der Waals surface area contributed by atoms with E-state index in [1.54, 1.807) is 0 Å². The van der Waals surface area contributed by atoms with Gasteiger partial charge in [-0.05, 0) is 25.3 Å². The summed E-state index contributed by atoms with van der Waals surface area (Å²) < 4.78 is 5.25. The van der Waals surface area contributed by atoms with E-state index in [1.807, 2.05) is 0 Å². The predicted octanol–water partition coefficient (Wildman–Crippen LogP) is 1.24. The van der Waals surface area contributed by atoms with Gasteiger partial charge in [-0.3, -0.25) is 0 Å². The standard InChI is InChI=1S/C8H16ClNO/c9-3-4-10-7-8-1-5-11-6-2-8/h8,10H,1-7H2. The highest BCUT2D eigenvalue weighted by atomic mass is 35.5. The lowest BCUT2D eigenvalue weighted by Crippen LogP contribution is -2.28. The fraction of sp³-hybridized carbons (Fsp3) is 1.00. The predicted molar refractivity (Wildman–Crippen MR) is 47.1 cm³/mol. The van der Waals surface area contributed by atoms with Gasteiger partial charge >= 0.3 is 0 Å². The maximum absolute atomic E-state index is 5.53. The summed E-state index contributed by atoms with van der Waals surface area (Å²) in [6, 6.07) is 0. The summed E-state index contributed by atoms with van der Waals surface area (Å²) >= 11 is 5.53. The normalized spacial score (nSPS) is 20.5. The van der Waals surface area contributed by atoms with Gasteiger partial charge in [0, 0.05) is 25.6 Å². The van der Waals surface area contributed by atoms with Gasteiger partial charge in [0.25, 0.3) is 0 Å². The number of alkyl halides is 1. The van der Waals surface area contributed by atoms with Crippen molar-refractivity contribution in [2.45, 2.75) is 12.8 Å². The molecular formula is C8H16ClNO. The zero-order valence-corrected chi connectivity index (χ0v) is 7.57. The first-order valence-electron chi connectivity index (χ1n) is 4.28. The Hall–Kier alpha value is 0.210. The molecule has 0 spiro atoms. The smallest absolute Gasteiger partial charge is 0.0469 e. The maximum atomic E-state index is 5.53. The highest BCUT2D eigenvalue weighted by molar-refractivity contribution is 6.18.